The Morgan fingerprint density at radius 1 is 0.909 bits per heavy atom. The molecular formula is C28H41N3O2. The minimum absolute atomic E-state index is 0.200. The van der Waals surface area contributed by atoms with Crippen LogP contribution in [0.3, 0.4) is 0 Å². The van der Waals surface area contributed by atoms with Crippen LogP contribution in [-0.4, -0.2) is 50.6 Å². The maximum absolute atomic E-state index is 13.0. The first-order valence-corrected chi connectivity index (χ1v) is 12.6. The first-order valence-electron chi connectivity index (χ1n) is 12.6. The molecule has 5 heteroatoms. The molecule has 2 aromatic carbocycles. The molecular weight excluding hydrogens is 410 g/mol. The predicted octanol–water partition coefficient (Wildman–Crippen LogP) is 4.99. The molecule has 1 amide bonds. The molecule has 33 heavy (non-hydrogen) atoms. The van der Waals surface area contributed by atoms with Gasteiger partial charge in [0, 0.05) is 32.7 Å². The molecule has 2 aromatic rings. The summed E-state index contributed by atoms with van der Waals surface area (Å²) in [5.41, 5.74) is 7.70. The number of nitrogens with zero attached hydrogens (tertiary/aromatic N) is 2. The number of nitrogens with two attached hydrogens (primary N) is 1. The number of amides is 1. The average molecular weight is 452 g/mol. The number of hydrogen-bond acceptors (Lipinski definition) is 4. The second-order valence-electron chi connectivity index (χ2n) is 9.27. The second kappa shape index (κ2) is 12.6. The number of hydrogen-bond donors (Lipinski definition) is 1. The van der Waals surface area contributed by atoms with Crippen LogP contribution in [0.2, 0.25) is 0 Å². The van der Waals surface area contributed by atoms with Crippen molar-refractivity contribution in [1.29, 1.82) is 0 Å². The van der Waals surface area contributed by atoms with Gasteiger partial charge in [0.15, 0.2) is 0 Å². The standard InChI is InChI=1S/C28H41N3O2/c1-3-4-5-6-7-13-18-28(27(29)32,24-14-9-8-10-15-24)23-30-19-21-31(22-20-30)25-16-11-12-17-26(25)33-2/h8-12,14-17H,3-7,13,18-23H2,1-2H3,(H2,29,32). The van der Waals surface area contributed by atoms with Gasteiger partial charge in [-0.05, 0) is 24.1 Å². The van der Waals surface area contributed by atoms with Gasteiger partial charge in [-0.25, -0.2) is 0 Å². The van der Waals surface area contributed by atoms with Crippen LogP contribution < -0.4 is 15.4 Å². The number of para-hydroxylation sites is 2. The van der Waals surface area contributed by atoms with E-state index in [1.165, 1.54) is 25.7 Å². The Morgan fingerprint density at radius 3 is 2.21 bits per heavy atom. The Balaban J connectivity index is 1.69. The number of methoxy groups -OCH3 is 1. The molecule has 1 aliphatic heterocycles. The number of rotatable bonds is 13. The molecule has 3 rings (SSSR count). The predicted molar refractivity (Wildman–Crippen MR) is 137 cm³/mol. The van der Waals surface area contributed by atoms with Crippen LogP contribution in [0.1, 0.15) is 57.4 Å². The fourth-order valence-electron chi connectivity index (χ4n) is 5.04. The highest BCUT2D eigenvalue weighted by Gasteiger charge is 2.40. The van der Waals surface area contributed by atoms with Crippen molar-refractivity contribution < 1.29 is 9.53 Å². The molecule has 1 unspecified atom stereocenters. The van der Waals surface area contributed by atoms with Crippen molar-refractivity contribution in [2.24, 2.45) is 5.73 Å². The third-order valence-corrected chi connectivity index (χ3v) is 7.05. The van der Waals surface area contributed by atoms with E-state index < -0.39 is 5.41 Å². The summed E-state index contributed by atoms with van der Waals surface area (Å²) in [5.74, 6) is 0.708. The van der Waals surface area contributed by atoms with Gasteiger partial charge in [0.2, 0.25) is 5.91 Å². The lowest BCUT2D eigenvalue weighted by Crippen LogP contribution is -2.55. The quantitative estimate of drug-likeness (QED) is 0.436. The van der Waals surface area contributed by atoms with Gasteiger partial charge >= 0.3 is 0 Å². The summed E-state index contributed by atoms with van der Waals surface area (Å²) in [5, 5.41) is 0. The monoisotopic (exact) mass is 451 g/mol. The molecule has 0 spiro atoms. The van der Waals surface area contributed by atoms with Gasteiger partial charge in [0.1, 0.15) is 5.75 Å². The SMILES string of the molecule is CCCCCCCCC(CN1CCN(c2ccccc2OC)CC1)(C(N)=O)c1ccccc1. The minimum Gasteiger partial charge on any atom is -0.495 e. The zero-order valence-electron chi connectivity index (χ0n) is 20.5. The van der Waals surface area contributed by atoms with Gasteiger partial charge in [-0.15, -0.1) is 0 Å². The number of anilines is 1. The third-order valence-electron chi connectivity index (χ3n) is 7.05. The summed E-state index contributed by atoms with van der Waals surface area (Å²) in [7, 11) is 1.72. The lowest BCUT2D eigenvalue weighted by atomic mass is 9.74. The number of primary amides is 1. The molecule has 0 aliphatic carbocycles. The Kier molecular flexibility index (Phi) is 9.61. The Labute approximate surface area is 199 Å². The zero-order chi connectivity index (χ0) is 23.5. The highest BCUT2D eigenvalue weighted by molar-refractivity contribution is 5.87. The van der Waals surface area contributed by atoms with E-state index in [-0.39, 0.29) is 5.91 Å². The first-order chi connectivity index (χ1) is 16.1. The number of piperazine rings is 1. The van der Waals surface area contributed by atoms with Gasteiger partial charge < -0.3 is 15.4 Å². The number of carbonyl (C=O) groups excluding carboxylic acids is 1. The highest BCUT2D eigenvalue weighted by Crippen LogP contribution is 2.33. The van der Waals surface area contributed by atoms with Gasteiger partial charge in [0.05, 0.1) is 18.2 Å². The van der Waals surface area contributed by atoms with E-state index >= 15 is 0 Å². The zero-order valence-corrected chi connectivity index (χ0v) is 20.5. The summed E-state index contributed by atoms with van der Waals surface area (Å²) in [6, 6.07) is 18.4. The minimum atomic E-state index is -0.640. The second-order valence-corrected chi connectivity index (χ2v) is 9.27. The molecule has 2 N–H and O–H groups in total. The maximum Gasteiger partial charge on any atom is 0.229 e. The summed E-state index contributed by atoms with van der Waals surface area (Å²) < 4.78 is 5.56. The normalized spacial score (nSPS) is 16.4. The fourth-order valence-corrected chi connectivity index (χ4v) is 5.04. The van der Waals surface area contributed by atoms with E-state index in [1.807, 2.05) is 30.3 Å². The average Bonchev–Trinajstić information content (AvgIpc) is 2.86. The molecule has 1 saturated heterocycles. The van der Waals surface area contributed by atoms with Crippen LogP contribution >= 0.6 is 0 Å². The molecule has 0 radical (unpaired) electrons. The van der Waals surface area contributed by atoms with Crippen molar-refractivity contribution >= 4 is 11.6 Å². The molecule has 1 aliphatic rings. The van der Waals surface area contributed by atoms with Crippen molar-refractivity contribution in [3.05, 3.63) is 60.2 Å². The Hall–Kier alpha value is -2.53. The van der Waals surface area contributed by atoms with Crippen LogP contribution in [-0.2, 0) is 10.2 Å². The van der Waals surface area contributed by atoms with E-state index in [0.29, 0.717) is 6.54 Å². The van der Waals surface area contributed by atoms with E-state index in [0.717, 1.165) is 62.4 Å². The Bertz CT molecular complexity index is 849. The summed E-state index contributed by atoms with van der Waals surface area (Å²) >= 11 is 0. The van der Waals surface area contributed by atoms with E-state index in [9.17, 15) is 4.79 Å². The fraction of sp³-hybridized carbons (Fsp3) is 0.536. The molecule has 1 atom stereocenters. The summed E-state index contributed by atoms with van der Waals surface area (Å²) in [6.07, 6.45) is 8.04. The molecule has 1 fully saturated rings. The molecule has 0 saturated carbocycles. The van der Waals surface area contributed by atoms with Crippen LogP contribution in [0.15, 0.2) is 54.6 Å². The smallest absolute Gasteiger partial charge is 0.229 e. The number of ether oxygens (including phenoxy) is 1. The van der Waals surface area contributed by atoms with Gasteiger partial charge in [-0.2, -0.15) is 0 Å². The molecule has 5 nitrogen and oxygen atoms in total. The van der Waals surface area contributed by atoms with Crippen molar-refractivity contribution in [3.8, 4) is 5.75 Å². The van der Waals surface area contributed by atoms with Crippen LogP contribution in [0.4, 0.5) is 5.69 Å². The largest absolute Gasteiger partial charge is 0.495 e. The van der Waals surface area contributed by atoms with Crippen molar-refractivity contribution in [3.63, 3.8) is 0 Å². The van der Waals surface area contributed by atoms with Crippen molar-refractivity contribution in [2.75, 3.05) is 44.7 Å². The molecule has 1 heterocycles. The van der Waals surface area contributed by atoms with Gasteiger partial charge in [-0.1, -0.05) is 87.9 Å². The van der Waals surface area contributed by atoms with Crippen LogP contribution in [0.25, 0.3) is 0 Å². The number of benzene rings is 2. The summed E-state index contributed by atoms with van der Waals surface area (Å²) in [4.78, 5) is 17.8. The lowest BCUT2D eigenvalue weighted by molar-refractivity contribution is -0.124. The summed E-state index contributed by atoms with van der Waals surface area (Å²) in [6.45, 7) is 6.52. The van der Waals surface area contributed by atoms with Crippen molar-refractivity contribution in [1.82, 2.24) is 4.90 Å². The van der Waals surface area contributed by atoms with Crippen LogP contribution in [0, 0.1) is 0 Å². The molecule has 0 bridgehead atoms. The highest BCUT2D eigenvalue weighted by atomic mass is 16.5. The lowest BCUT2D eigenvalue weighted by Gasteiger charge is -2.41. The molecule has 180 valence electrons. The van der Waals surface area contributed by atoms with Gasteiger partial charge in [0.25, 0.3) is 0 Å². The van der Waals surface area contributed by atoms with Gasteiger partial charge in [-0.3, -0.25) is 9.69 Å². The Morgan fingerprint density at radius 2 is 1.55 bits per heavy atom. The van der Waals surface area contributed by atoms with Crippen LogP contribution in [0.5, 0.6) is 5.75 Å². The topological polar surface area (TPSA) is 58.8 Å². The van der Waals surface area contributed by atoms with E-state index in [4.69, 9.17) is 10.5 Å². The number of unbranched alkanes of at least 4 members (excludes halogenated alkanes) is 5. The maximum atomic E-state index is 13.0. The van der Waals surface area contributed by atoms with E-state index in [2.05, 4.69) is 41.0 Å². The first kappa shape index (κ1) is 25.1. The third kappa shape index (κ3) is 6.50. The van der Waals surface area contributed by atoms with Crippen molar-refractivity contribution in [2.45, 2.75) is 57.3 Å². The van der Waals surface area contributed by atoms with E-state index in [1.54, 1.807) is 7.11 Å². The molecule has 0 aromatic heterocycles. The number of carbonyl (C=O) groups is 1.